The van der Waals surface area contributed by atoms with E-state index in [4.69, 9.17) is 9.84 Å². The molecule has 7 nitrogen and oxygen atoms in total. The summed E-state index contributed by atoms with van der Waals surface area (Å²) in [5.41, 5.74) is 1.26. The molecule has 2 unspecified atom stereocenters. The first-order valence-electron chi connectivity index (χ1n) is 7.75. The van der Waals surface area contributed by atoms with Gasteiger partial charge in [-0.1, -0.05) is 0 Å². The molecule has 2 atom stereocenters. The fourth-order valence-corrected chi connectivity index (χ4v) is 2.69. The van der Waals surface area contributed by atoms with E-state index < -0.39 is 0 Å². The van der Waals surface area contributed by atoms with E-state index in [2.05, 4.69) is 25.6 Å². The van der Waals surface area contributed by atoms with Gasteiger partial charge in [0.25, 0.3) is 0 Å². The Labute approximate surface area is 135 Å². The first-order chi connectivity index (χ1) is 11.3. The number of aliphatic hydroxyl groups is 1. The molecule has 3 heterocycles. The molecule has 2 aromatic heterocycles. The highest BCUT2D eigenvalue weighted by atomic mass is 16.5. The number of nitrogens with zero attached hydrogens (tertiary/aromatic N) is 3. The zero-order valence-corrected chi connectivity index (χ0v) is 12.9. The fourth-order valence-electron chi connectivity index (χ4n) is 2.69. The lowest BCUT2D eigenvalue weighted by Gasteiger charge is -2.20. The normalized spacial score (nSPS) is 20.4. The maximum Gasteiger partial charge on any atom is 0.131 e. The maximum absolute atomic E-state index is 8.86. The fraction of sp³-hybridized carbons (Fsp3) is 0.438. The zero-order valence-electron chi connectivity index (χ0n) is 12.9. The number of aromatic nitrogens is 3. The second kappa shape index (κ2) is 7.85. The van der Waals surface area contributed by atoms with E-state index in [1.165, 1.54) is 11.9 Å². The third-order valence-electron chi connectivity index (χ3n) is 3.86. The summed E-state index contributed by atoms with van der Waals surface area (Å²) in [6.45, 7) is 1.94. The number of ether oxygens (including phenoxy) is 1. The van der Waals surface area contributed by atoms with Crippen molar-refractivity contribution in [2.45, 2.75) is 12.5 Å². The quantitative estimate of drug-likeness (QED) is 0.700. The van der Waals surface area contributed by atoms with E-state index >= 15 is 0 Å². The predicted octanol–water partition coefficient (Wildman–Crippen LogP) is 0.945. The minimum Gasteiger partial charge on any atom is -0.395 e. The minimum atomic E-state index is 0.0667. The Balaban J connectivity index is 1.62. The molecule has 0 saturated carbocycles. The van der Waals surface area contributed by atoms with Gasteiger partial charge < -0.3 is 20.5 Å². The van der Waals surface area contributed by atoms with Gasteiger partial charge in [0.2, 0.25) is 0 Å². The molecule has 122 valence electrons. The average Bonchev–Trinajstić information content (AvgIpc) is 3.01. The average molecular weight is 315 g/mol. The largest absolute Gasteiger partial charge is 0.395 e. The van der Waals surface area contributed by atoms with E-state index in [0.29, 0.717) is 24.9 Å². The smallest absolute Gasteiger partial charge is 0.131 e. The molecule has 1 aliphatic heterocycles. The monoisotopic (exact) mass is 315 g/mol. The van der Waals surface area contributed by atoms with Crippen molar-refractivity contribution >= 4 is 11.6 Å². The molecule has 2 aromatic rings. The van der Waals surface area contributed by atoms with Gasteiger partial charge >= 0.3 is 0 Å². The molecule has 0 amide bonds. The van der Waals surface area contributed by atoms with Gasteiger partial charge in [-0.2, -0.15) is 0 Å². The molecular formula is C16H21N5O2. The number of pyridine rings is 1. The van der Waals surface area contributed by atoms with Gasteiger partial charge in [0, 0.05) is 30.9 Å². The number of nitrogens with one attached hydrogen (secondary N) is 2. The van der Waals surface area contributed by atoms with Gasteiger partial charge in [-0.3, -0.25) is 4.98 Å². The highest BCUT2D eigenvalue weighted by Gasteiger charge is 2.28. The lowest BCUT2D eigenvalue weighted by molar-refractivity contribution is 0.185. The van der Waals surface area contributed by atoms with E-state index in [0.717, 1.165) is 18.8 Å². The third kappa shape index (κ3) is 4.37. The zero-order chi connectivity index (χ0) is 15.9. The standard InChI is InChI=1S/C16H21N5O2/c22-6-5-18-15-8-16(20-11-19-15)21-14-10-23-9-13(14)7-12-1-3-17-4-2-12/h1-4,8,11,13-14,22H,5-7,9-10H2,(H2,18,19,20,21). The molecule has 3 rings (SSSR count). The Morgan fingerprint density at radius 2 is 2.00 bits per heavy atom. The molecule has 1 fully saturated rings. The van der Waals surface area contributed by atoms with Gasteiger partial charge in [0.05, 0.1) is 25.9 Å². The summed E-state index contributed by atoms with van der Waals surface area (Å²) in [7, 11) is 0. The van der Waals surface area contributed by atoms with Crippen molar-refractivity contribution in [2.24, 2.45) is 5.92 Å². The molecule has 0 aromatic carbocycles. The van der Waals surface area contributed by atoms with Crippen LogP contribution in [0.25, 0.3) is 0 Å². The Morgan fingerprint density at radius 1 is 1.17 bits per heavy atom. The second-order valence-electron chi connectivity index (χ2n) is 5.55. The van der Waals surface area contributed by atoms with Crippen LogP contribution in [0.1, 0.15) is 5.56 Å². The molecule has 1 aliphatic rings. The summed E-state index contributed by atoms with van der Waals surface area (Å²) >= 11 is 0. The van der Waals surface area contributed by atoms with Crippen molar-refractivity contribution in [2.75, 3.05) is 37.0 Å². The molecule has 0 spiro atoms. The highest BCUT2D eigenvalue weighted by molar-refractivity contribution is 5.47. The molecule has 0 radical (unpaired) electrons. The first-order valence-corrected chi connectivity index (χ1v) is 7.75. The number of aliphatic hydroxyl groups excluding tert-OH is 1. The van der Waals surface area contributed by atoms with Crippen LogP contribution < -0.4 is 10.6 Å². The van der Waals surface area contributed by atoms with Crippen LogP contribution >= 0.6 is 0 Å². The Hall–Kier alpha value is -2.25. The Morgan fingerprint density at radius 3 is 2.83 bits per heavy atom. The van der Waals surface area contributed by atoms with Crippen LogP contribution in [0.5, 0.6) is 0 Å². The molecule has 0 bridgehead atoms. The molecule has 0 aliphatic carbocycles. The van der Waals surface area contributed by atoms with Crippen molar-refractivity contribution in [1.29, 1.82) is 0 Å². The number of hydrogen-bond acceptors (Lipinski definition) is 7. The molecule has 1 saturated heterocycles. The Kier molecular flexibility index (Phi) is 5.33. The minimum absolute atomic E-state index is 0.0667. The lowest BCUT2D eigenvalue weighted by Crippen LogP contribution is -2.29. The summed E-state index contributed by atoms with van der Waals surface area (Å²) < 4.78 is 5.64. The van der Waals surface area contributed by atoms with Gasteiger partial charge in [0.1, 0.15) is 18.0 Å². The van der Waals surface area contributed by atoms with Crippen LogP contribution in [0, 0.1) is 5.92 Å². The van der Waals surface area contributed by atoms with Crippen molar-refractivity contribution in [3.8, 4) is 0 Å². The first kappa shape index (κ1) is 15.6. The number of anilines is 2. The van der Waals surface area contributed by atoms with Crippen molar-refractivity contribution in [1.82, 2.24) is 15.0 Å². The summed E-state index contributed by atoms with van der Waals surface area (Å²) in [5, 5.41) is 15.3. The Bertz CT molecular complexity index is 610. The molecule has 7 heteroatoms. The van der Waals surface area contributed by atoms with E-state index in [1.807, 2.05) is 30.6 Å². The van der Waals surface area contributed by atoms with Crippen LogP contribution in [-0.2, 0) is 11.2 Å². The highest BCUT2D eigenvalue weighted by Crippen LogP contribution is 2.22. The SMILES string of the molecule is OCCNc1cc(NC2COCC2Cc2ccncc2)ncn1. The summed E-state index contributed by atoms with van der Waals surface area (Å²) in [6, 6.07) is 6.13. The van der Waals surface area contributed by atoms with Gasteiger partial charge in [-0.25, -0.2) is 9.97 Å². The van der Waals surface area contributed by atoms with Gasteiger partial charge in [-0.15, -0.1) is 0 Å². The third-order valence-corrected chi connectivity index (χ3v) is 3.86. The van der Waals surface area contributed by atoms with Crippen LogP contribution in [0.4, 0.5) is 11.6 Å². The van der Waals surface area contributed by atoms with E-state index in [1.54, 1.807) is 0 Å². The van der Waals surface area contributed by atoms with E-state index in [-0.39, 0.29) is 12.6 Å². The topological polar surface area (TPSA) is 92.2 Å². The van der Waals surface area contributed by atoms with Gasteiger partial charge in [0.15, 0.2) is 0 Å². The number of rotatable bonds is 7. The van der Waals surface area contributed by atoms with Crippen LogP contribution in [-0.4, -0.2) is 52.5 Å². The summed E-state index contributed by atoms with van der Waals surface area (Å²) in [6.07, 6.45) is 6.09. The van der Waals surface area contributed by atoms with Crippen LogP contribution in [0.3, 0.4) is 0 Å². The lowest BCUT2D eigenvalue weighted by atomic mass is 9.95. The van der Waals surface area contributed by atoms with Gasteiger partial charge in [-0.05, 0) is 24.1 Å². The van der Waals surface area contributed by atoms with Crippen molar-refractivity contribution in [3.05, 3.63) is 42.5 Å². The van der Waals surface area contributed by atoms with Crippen LogP contribution in [0.2, 0.25) is 0 Å². The molecular weight excluding hydrogens is 294 g/mol. The van der Waals surface area contributed by atoms with Crippen LogP contribution in [0.15, 0.2) is 36.9 Å². The summed E-state index contributed by atoms with van der Waals surface area (Å²) in [4.78, 5) is 12.4. The predicted molar refractivity (Wildman–Crippen MR) is 87.3 cm³/mol. The van der Waals surface area contributed by atoms with Crippen molar-refractivity contribution < 1.29 is 9.84 Å². The van der Waals surface area contributed by atoms with E-state index in [9.17, 15) is 0 Å². The molecule has 3 N–H and O–H groups in total. The number of hydrogen-bond donors (Lipinski definition) is 3. The maximum atomic E-state index is 8.86. The molecule has 23 heavy (non-hydrogen) atoms. The van der Waals surface area contributed by atoms with Crippen molar-refractivity contribution in [3.63, 3.8) is 0 Å². The second-order valence-corrected chi connectivity index (χ2v) is 5.55. The summed E-state index contributed by atoms with van der Waals surface area (Å²) in [5.74, 6) is 1.85.